The van der Waals surface area contributed by atoms with E-state index in [0.29, 0.717) is 108 Å². The van der Waals surface area contributed by atoms with Crippen molar-refractivity contribution < 1.29 is 124 Å². The molecule has 4 aromatic heterocycles. The van der Waals surface area contributed by atoms with Gasteiger partial charge in [0.2, 0.25) is 0 Å². The van der Waals surface area contributed by atoms with E-state index < -0.39 is 41.8 Å². The zero-order chi connectivity index (χ0) is 97.1. The summed E-state index contributed by atoms with van der Waals surface area (Å²) in [6, 6.07) is 84.7. The molecule has 16 aromatic rings. The number of hydrogen-bond acceptors (Lipinski definition) is 38. The molecule has 0 radical (unpaired) electrons. The highest BCUT2D eigenvalue weighted by molar-refractivity contribution is 5.92. The van der Waals surface area contributed by atoms with Crippen molar-refractivity contribution >= 4 is 41.8 Å². The number of para-hydroxylation sites is 3. The van der Waals surface area contributed by atoms with Gasteiger partial charge in [-0.2, -0.15) is 0 Å². The minimum Gasteiger partial charge on any atom is -0.465 e. The molecule has 0 amide bonds. The molecule has 0 saturated heterocycles. The molecule has 138 heavy (non-hydrogen) atoms. The summed E-state index contributed by atoms with van der Waals surface area (Å²) < 4.78 is 102. The molecule has 0 fully saturated rings. The normalized spacial score (nSPS) is 10.3. The SMILES string of the molecule is COC(=O)c1ccc(Oc2nc(Oc3ccc(C(=O)OC)cc3)nc(Oc3ccc(C(=O)OC)cc3)n2)cc1.COC(=O)c1ccc(Oc2nc(Oc3ccc(C)cc3)nc(Oc3ccc(C)cc3)n2)cc1.COC(=O)c1ccc(Oc2nc(Oc3ccccc3)nc(Oc3ccc(C(=O)OC)cc3)n2)cc1.COC(=O)c1ccc(Oc2nc(Oc3ccccc3)nc(Oc3ccccc3)n2)cc1. The summed E-state index contributed by atoms with van der Waals surface area (Å²) in [5.74, 6) is 1.91. The number of rotatable bonds is 31. The Morgan fingerprint density at radius 1 is 0.145 bits per heavy atom. The monoisotopic (exact) mass is 1860 g/mol. The molecule has 0 aliphatic carbocycles. The van der Waals surface area contributed by atoms with Crippen LogP contribution < -0.4 is 56.8 Å². The molecule has 12 aromatic carbocycles. The van der Waals surface area contributed by atoms with Crippen molar-refractivity contribution in [2.75, 3.05) is 49.8 Å². The molecule has 38 heteroatoms. The van der Waals surface area contributed by atoms with E-state index in [-0.39, 0.29) is 72.1 Å². The first-order valence-electron chi connectivity index (χ1n) is 40.9. The van der Waals surface area contributed by atoms with Gasteiger partial charge >= 0.3 is 114 Å². The van der Waals surface area contributed by atoms with Gasteiger partial charge in [-0.25, -0.2) is 33.6 Å². The van der Waals surface area contributed by atoms with Crippen LogP contribution in [0.2, 0.25) is 0 Å². The highest BCUT2D eigenvalue weighted by atomic mass is 16.6. The van der Waals surface area contributed by atoms with Crippen molar-refractivity contribution in [1.29, 1.82) is 0 Å². The lowest BCUT2D eigenvalue weighted by Crippen LogP contribution is -2.03. The predicted molar refractivity (Wildman–Crippen MR) is 486 cm³/mol. The van der Waals surface area contributed by atoms with Crippen molar-refractivity contribution in [2.24, 2.45) is 0 Å². The maximum Gasteiger partial charge on any atom is 0.337 e. The standard InChI is InChI=1S/C27H21N3O9.C25H19N3O7.C25H21N3O5.C23H17N3O5/c1-34-22(31)16-4-10-19(11-5-16)37-25-28-26(38-20-12-6-17(7-13-20)23(32)35-2)30-27(29-25)39-21-14-8-18(9-15-21)24(33)36-3;1-31-21(29)16-8-12-19(13-9-16)34-24-26-23(33-18-6-4-3-5-7-18)27-25(28-24)35-20-14-10-17(11-15-20)22(30)32-2;1-16-4-10-19(11-5-16)31-23-26-24(32-20-12-6-17(2)7-13-20)28-25(27-23)33-21-14-8-18(9-15-21)22(29)30-3;1-28-20(27)16-12-14-19(15-13-16)31-23-25-21(29-17-8-4-2-5-9-17)24-22(26-23)30-18-10-6-3-7-11-18/h4-15H,1-3H3;3-15H,1-2H3;4-15H,1-3H3;2-15H,1H3. The fraction of sp³-hybridized carbons (Fsp3) is 0.0900. The van der Waals surface area contributed by atoms with Crippen LogP contribution in [0.3, 0.4) is 0 Å². The van der Waals surface area contributed by atoms with E-state index in [1.165, 1.54) is 123 Å². The number of aryl methyl sites for hydroxylation is 2. The van der Waals surface area contributed by atoms with Crippen LogP contribution in [0.4, 0.5) is 0 Å². The summed E-state index contributed by atoms with van der Waals surface area (Å²) in [4.78, 5) is 132. The second-order valence-electron chi connectivity index (χ2n) is 27.6. The Balaban J connectivity index is 0.000000156. The number of esters is 7. The molecule has 0 saturated carbocycles. The van der Waals surface area contributed by atoms with Crippen LogP contribution >= 0.6 is 0 Å². The van der Waals surface area contributed by atoms with Crippen LogP contribution in [0.5, 0.6) is 141 Å². The summed E-state index contributed by atoms with van der Waals surface area (Å²) >= 11 is 0. The average Bonchev–Trinajstić information content (AvgIpc) is 0.848. The Morgan fingerprint density at radius 3 is 0.355 bits per heavy atom. The minimum atomic E-state index is -0.496. The molecule has 0 spiro atoms. The van der Waals surface area contributed by atoms with Gasteiger partial charge in [0.1, 0.15) is 69.0 Å². The van der Waals surface area contributed by atoms with Crippen LogP contribution in [0.15, 0.2) is 309 Å². The highest BCUT2D eigenvalue weighted by Gasteiger charge is 2.22. The Labute approximate surface area is 785 Å². The fourth-order valence-electron chi connectivity index (χ4n) is 11.2. The second-order valence-corrected chi connectivity index (χ2v) is 27.6. The first kappa shape index (κ1) is 96.1. The summed E-state index contributed by atoms with van der Waals surface area (Å²) in [7, 11) is 9.10. The molecule has 16 rings (SSSR count). The largest absolute Gasteiger partial charge is 0.465 e. The molecular weight excluding hydrogens is 1790 g/mol. The lowest BCUT2D eigenvalue weighted by molar-refractivity contribution is 0.0592. The maximum absolute atomic E-state index is 11.7. The number of methoxy groups -OCH3 is 7. The number of aromatic nitrogens is 12. The van der Waals surface area contributed by atoms with Gasteiger partial charge in [0.15, 0.2) is 0 Å². The van der Waals surface area contributed by atoms with Gasteiger partial charge in [-0.3, -0.25) is 0 Å². The van der Waals surface area contributed by atoms with Crippen LogP contribution in [-0.4, -0.2) is 151 Å². The summed E-state index contributed by atoms with van der Waals surface area (Å²) in [6.07, 6.45) is 0. The first-order chi connectivity index (χ1) is 67.1. The molecule has 0 N–H and O–H groups in total. The van der Waals surface area contributed by atoms with Gasteiger partial charge in [-0.05, 0) is 244 Å². The molecule has 0 aliphatic rings. The number of ether oxygens (including phenoxy) is 19. The molecule has 38 nitrogen and oxygen atoms in total. The molecule has 694 valence electrons. The van der Waals surface area contributed by atoms with Crippen molar-refractivity contribution in [2.45, 2.75) is 13.8 Å². The van der Waals surface area contributed by atoms with E-state index >= 15 is 0 Å². The Hall–Kier alpha value is -19.4. The average molecular weight is 1860 g/mol. The molecule has 4 heterocycles. The van der Waals surface area contributed by atoms with Gasteiger partial charge in [0.25, 0.3) is 0 Å². The number of carbonyl (C=O) groups is 7. The van der Waals surface area contributed by atoms with E-state index in [2.05, 4.69) is 59.8 Å². The molecule has 0 atom stereocenters. The molecular formula is C100H78N12O26. The van der Waals surface area contributed by atoms with Crippen LogP contribution in [0, 0.1) is 13.8 Å². The van der Waals surface area contributed by atoms with Crippen LogP contribution in [-0.2, 0) is 33.2 Å². The third kappa shape index (κ3) is 28.8. The Bertz CT molecular complexity index is 6430. The van der Waals surface area contributed by atoms with E-state index in [4.69, 9.17) is 90.0 Å². The third-order valence-electron chi connectivity index (χ3n) is 18.0. The van der Waals surface area contributed by atoms with Crippen molar-refractivity contribution in [3.05, 3.63) is 359 Å². The first-order valence-corrected chi connectivity index (χ1v) is 40.9. The van der Waals surface area contributed by atoms with Crippen molar-refractivity contribution in [3.63, 3.8) is 0 Å². The van der Waals surface area contributed by atoms with Crippen LogP contribution in [0.25, 0.3) is 0 Å². The van der Waals surface area contributed by atoms with Crippen molar-refractivity contribution in [3.8, 4) is 141 Å². The lowest BCUT2D eigenvalue weighted by Gasteiger charge is -2.10. The Morgan fingerprint density at radius 2 is 0.246 bits per heavy atom. The minimum absolute atomic E-state index is 0.00770. The predicted octanol–water partition coefficient (Wildman–Crippen LogP) is 20.1. The number of benzene rings is 12. The van der Waals surface area contributed by atoms with Gasteiger partial charge in [0, 0.05) is 0 Å². The number of hydrogen-bond donors (Lipinski definition) is 0. The van der Waals surface area contributed by atoms with Gasteiger partial charge in [-0.1, -0.05) is 90.0 Å². The zero-order valence-corrected chi connectivity index (χ0v) is 74.4. The smallest absolute Gasteiger partial charge is 0.337 e. The van der Waals surface area contributed by atoms with Crippen LogP contribution in [0.1, 0.15) is 83.6 Å². The summed E-state index contributed by atoms with van der Waals surface area (Å²) in [5, 5.41) is 0. The molecule has 0 aliphatic heterocycles. The summed E-state index contributed by atoms with van der Waals surface area (Å²) in [6.45, 7) is 3.97. The topological polar surface area (TPSA) is 450 Å². The van der Waals surface area contributed by atoms with E-state index in [1.54, 1.807) is 146 Å². The van der Waals surface area contributed by atoms with E-state index in [1.807, 2.05) is 105 Å². The quantitative estimate of drug-likeness (QED) is 0.0288. The van der Waals surface area contributed by atoms with Gasteiger partial charge in [-0.15, -0.1) is 59.8 Å². The van der Waals surface area contributed by atoms with Crippen molar-refractivity contribution in [1.82, 2.24) is 59.8 Å². The second kappa shape index (κ2) is 47.9. The van der Waals surface area contributed by atoms with Gasteiger partial charge < -0.3 is 90.0 Å². The number of carbonyl (C=O) groups excluding carboxylic acids is 7. The van der Waals surface area contributed by atoms with E-state index in [0.717, 1.165) is 11.1 Å². The lowest BCUT2D eigenvalue weighted by atomic mass is 10.2. The zero-order valence-electron chi connectivity index (χ0n) is 74.4. The third-order valence-corrected chi connectivity index (χ3v) is 18.0. The summed E-state index contributed by atoms with van der Waals surface area (Å²) in [5.41, 5.74) is 4.71. The maximum atomic E-state index is 11.7. The van der Waals surface area contributed by atoms with Gasteiger partial charge in [0.05, 0.1) is 88.7 Å². The van der Waals surface area contributed by atoms with E-state index in [9.17, 15) is 33.6 Å². The Kier molecular flexibility index (Phi) is 33.4. The molecule has 0 unspecified atom stereocenters. The highest BCUT2D eigenvalue weighted by Crippen LogP contribution is 2.35. The number of nitrogens with zero attached hydrogens (tertiary/aromatic N) is 12. The molecule has 0 bridgehead atoms. The fourth-order valence-corrected chi connectivity index (χ4v) is 11.2.